The highest BCUT2D eigenvalue weighted by molar-refractivity contribution is 9.10. The lowest BCUT2D eigenvalue weighted by Crippen LogP contribution is -2.05. The van der Waals surface area contributed by atoms with Gasteiger partial charge in [-0.15, -0.1) is 0 Å². The average molecular weight is 280 g/mol. The van der Waals surface area contributed by atoms with E-state index >= 15 is 0 Å². The van der Waals surface area contributed by atoms with E-state index in [0.29, 0.717) is 6.07 Å². The van der Waals surface area contributed by atoms with Crippen molar-refractivity contribution < 1.29 is 24.3 Å². The Morgan fingerprint density at radius 2 is 2.13 bits per heavy atom. The summed E-state index contributed by atoms with van der Waals surface area (Å²) in [6, 6.07) is 0.692. The van der Waals surface area contributed by atoms with Crippen LogP contribution in [-0.4, -0.2) is 21.1 Å². The molecule has 0 aliphatic heterocycles. The number of nitro benzene ring substituents is 1. The predicted molar refractivity (Wildman–Crippen MR) is 49.4 cm³/mol. The topological polar surface area (TPSA) is 101 Å². The van der Waals surface area contributed by atoms with Crippen molar-refractivity contribution in [3.05, 3.63) is 32.0 Å². The largest absolute Gasteiger partial charge is 0.506 e. The third-order valence-corrected chi connectivity index (χ3v) is 2.19. The van der Waals surface area contributed by atoms with Gasteiger partial charge in [0.1, 0.15) is 11.3 Å². The SMILES string of the molecule is O=C(O)c1c(O)c(Br)cc([N+](=O)[O-])c1F. The van der Waals surface area contributed by atoms with E-state index in [1.807, 2.05) is 0 Å². The Hall–Kier alpha value is -1.70. The first-order valence-corrected chi connectivity index (χ1v) is 4.24. The first-order chi connectivity index (χ1) is 6.86. The first kappa shape index (κ1) is 11.4. The quantitative estimate of drug-likeness (QED) is 0.636. The summed E-state index contributed by atoms with van der Waals surface area (Å²) in [6.07, 6.45) is 0. The fraction of sp³-hybridized carbons (Fsp3) is 0. The minimum absolute atomic E-state index is 0.256. The van der Waals surface area contributed by atoms with Crippen LogP contribution in [0.1, 0.15) is 10.4 Å². The van der Waals surface area contributed by atoms with Gasteiger partial charge in [0.05, 0.1) is 9.40 Å². The molecule has 0 unspecified atom stereocenters. The molecule has 1 aromatic rings. The molecule has 0 aliphatic rings. The van der Waals surface area contributed by atoms with E-state index in [4.69, 9.17) is 10.2 Å². The molecule has 0 amide bonds. The lowest BCUT2D eigenvalue weighted by Gasteiger charge is -2.03. The zero-order valence-electron chi connectivity index (χ0n) is 6.90. The van der Waals surface area contributed by atoms with Crippen molar-refractivity contribution >= 4 is 27.6 Å². The first-order valence-electron chi connectivity index (χ1n) is 3.45. The fourth-order valence-corrected chi connectivity index (χ4v) is 1.35. The van der Waals surface area contributed by atoms with E-state index < -0.39 is 33.7 Å². The maximum atomic E-state index is 13.2. The smallest absolute Gasteiger partial charge is 0.342 e. The van der Waals surface area contributed by atoms with Crippen LogP contribution in [0, 0.1) is 15.9 Å². The summed E-state index contributed by atoms with van der Waals surface area (Å²) in [5, 5.41) is 28.0. The molecule has 0 heterocycles. The van der Waals surface area contributed by atoms with Gasteiger partial charge in [-0.25, -0.2) is 4.79 Å². The summed E-state index contributed by atoms with van der Waals surface area (Å²) in [5.74, 6) is -4.24. The van der Waals surface area contributed by atoms with E-state index in [-0.39, 0.29) is 4.47 Å². The van der Waals surface area contributed by atoms with Crippen molar-refractivity contribution in [1.29, 1.82) is 0 Å². The number of carbonyl (C=O) groups is 1. The monoisotopic (exact) mass is 279 g/mol. The maximum absolute atomic E-state index is 13.2. The van der Waals surface area contributed by atoms with Crippen LogP contribution in [0.25, 0.3) is 0 Å². The number of hydrogen-bond donors (Lipinski definition) is 2. The Balaban J connectivity index is 3.63. The molecule has 0 aliphatic carbocycles. The summed E-state index contributed by atoms with van der Waals surface area (Å²) < 4.78 is 13.0. The molecule has 8 heteroatoms. The highest BCUT2D eigenvalue weighted by Crippen LogP contribution is 2.35. The van der Waals surface area contributed by atoms with Crippen molar-refractivity contribution in [3.8, 4) is 5.75 Å². The van der Waals surface area contributed by atoms with Crippen LogP contribution in [0.2, 0.25) is 0 Å². The molecule has 0 fully saturated rings. The minimum atomic E-state index is -1.78. The van der Waals surface area contributed by atoms with E-state index in [9.17, 15) is 19.3 Å². The van der Waals surface area contributed by atoms with Gasteiger partial charge in [-0.05, 0) is 15.9 Å². The second kappa shape index (κ2) is 3.81. The summed E-state index contributed by atoms with van der Waals surface area (Å²) in [4.78, 5) is 19.8. The third kappa shape index (κ3) is 1.89. The second-order valence-corrected chi connectivity index (χ2v) is 3.33. The molecule has 6 nitrogen and oxygen atoms in total. The van der Waals surface area contributed by atoms with Gasteiger partial charge < -0.3 is 10.2 Å². The number of halogens is 2. The van der Waals surface area contributed by atoms with Gasteiger partial charge in [0.15, 0.2) is 0 Å². The number of nitro groups is 1. The Morgan fingerprint density at radius 1 is 1.60 bits per heavy atom. The van der Waals surface area contributed by atoms with E-state index in [1.165, 1.54) is 0 Å². The number of aromatic carboxylic acids is 1. The number of carboxylic acids is 1. The number of nitrogens with zero attached hydrogens (tertiary/aromatic N) is 1. The molecule has 2 N–H and O–H groups in total. The van der Waals surface area contributed by atoms with Crippen molar-refractivity contribution in [2.24, 2.45) is 0 Å². The molecular formula is C7H3BrFNO5. The highest BCUT2D eigenvalue weighted by Gasteiger charge is 2.28. The molecule has 0 saturated carbocycles. The summed E-state index contributed by atoms with van der Waals surface area (Å²) in [7, 11) is 0. The molecule has 0 saturated heterocycles. The highest BCUT2D eigenvalue weighted by atomic mass is 79.9. The van der Waals surface area contributed by atoms with Crippen molar-refractivity contribution in [3.63, 3.8) is 0 Å². The lowest BCUT2D eigenvalue weighted by molar-refractivity contribution is -0.387. The van der Waals surface area contributed by atoms with Crippen LogP contribution in [0.15, 0.2) is 10.5 Å². The summed E-state index contributed by atoms with van der Waals surface area (Å²) in [5.41, 5.74) is -2.15. The standard InChI is InChI=1S/C7H3BrFNO5/c8-2-1-3(10(14)15)5(9)4(6(2)11)7(12)13/h1,11H,(H,12,13). The van der Waals surface area contributed by atoms with Crippen molar-refractivity contribution in [2.75, 3.05) is 0 Å². The van der Waals surface area contributed by atoms with Crippen LogP contribution < -0.4 is 0 Å². The van der Waals surface area contributed by atoms with E-state index in [2.05, 4.69) is 15.9 Å². The molecule has 15 heavy (non-hydrogen) atoms. The number of phenols is 1. The normalized spacial score (nSPS) is 10.0. The second-order valence-electron chi connectivity index (χ2n) is 2.48. The Bertz CT molecular complexity index is 461. The fourth-order valence-electron chi connectivity index (χ4n) is 0.931. The molecular weight excluding hydrogens is 277 g/mol. The van der Waals surface area contributed by atoms with Crippen LogP contribution >= 0.6 is 15.9 Å². The van der Waals surface area contributed by atoms with Gasteiger partial charge in [0.2, 0.25) is 5.82 Å². The number of aromatic hydroxyl groups is 1. The van der Waals surface area contributed by atoms with Gasteiger partial charge >= 0.3 is 11.7 Å². The maximum Gasteiger partial charge on any atom is 0.342 e. The predicted octanol–water partition coefficient (Wildman–Crippen LogP) is 1.90. The van der Waals surface area contributed by atoms with Crippen LogP contribution in [-0.2, 0) is 0 Å². The van der Waals surface area contributed by atoms with Crippen LogP contribution in [0.3, 0.4) is 0 Å². The Labute approximate surface area is 90.2 Å². The Kier molecular flexibility index (Phi) is 2.89. The van der Waals surface area contributed by atoms with Gasteiger partial charge in [-0.1, -0.05) is 0 Å². The molecule has 80 valence electrons. The van der Waals surface area contributed by atoms with E-state index in [1.54, 1.807) is 0 Å². The number of hydrogen-bond acceptors (Lipinski definition) is 4. The van der Waals surface area contributed by atoms with Gasteiger partial charge in [-0.3, -0.25) is 10.1 Å². The number of carboxylic acid groups (broad SMARTS) is 1. The molecule has 1 rings (SSSR count). The number of benzene rings is 1. The number of rotatable bonds is 2. The van der Waals surface area contributed by atoms with Crippen LogP contribution in [0.4, 0.5) is 10.1 Å². The van der Waals surface area contributed by atoms with Crippen LogP contribution in [0.5, 0.6) is 5.75 Å². The average Bonchev–Trinajstić information content (AvgIpc) is 2.10. The molecule has 0 aromatic heterocycles. The van der Waals surface area contributed by atoms with Gasteiger partial charge in [-0.2, -0.15) is 4.39 Å². The summed E-state index contributed by atoms with van der Waals surface area (Å²) in [6.45, 7) is 0. The van der Waals surface area contributed by atoms with Crippen molar-refractivity contribution in [2.45, 2.75) is 0 Å². The Morgan fingerprint density at radius 3 is 2.53 bits per heavy atom. The zero-order chi connectivity index (χ0) is 11.7. The molecule has 0 bridgehead atoms. The molecule has 1 aromatic carbocycles. The van der Waals surface area contributed by atoms with Crippen molar-refractivity contribution in [1.82, 2.24) is 0 Å². The minimum Gasteiger partial charge on any atom is -0.506 e. The third-order valence-electron chi connectivity index (χ3n) is 1.58. The summed E-state index contributed by atoms with van der Waals surface area (Å²) >= 11 is 2.68. The molecule has 0 radical (unpaired) electrons. The molecule has 0 spiro atoms. The van der Waals surface area contributed by atoms with E-state index in [0.717, 1.165) is 0 Å². The van der Waals surface area contributed by atoms with Gasteiger partial charge in [0, 0.05) is 6.07 Å². The molecule has 0 atom stereocenters. The van der Waals surface area contributed by atoms with Gasteiger partial charge in [0.25, 0.3) is 0 Å². The zero-order valence-corrected chi connectivity index (χ0v) is 8.49. The lowest BCUT2D eigenvalue weighted by atomic mass is 10.1.